The Morgan fingerprint density at radius 1 is 1.77 bits per heavy atom. The van der Waals surface area contributed by atoms with Gasteiger partial charge in [0.25, 0.3) is 0 Å². The number of methoxy groups -OCH3 is 1. The predicted octanol–water partition coefficient (Wildman–Crippen LogP) is 0.102. The molecule has 1 aliphatic heterocycles. The molecule has 0 saturated carbocycles. The van der Waals surface area contributed by atoms with Crippen LogP contribution in [0.4, 0.5) is 4.79 Å². The van der Waals surface area contributed by atoms with Crippen molar-refractivity contribution in [2.45, 2.75) is 24.9 Å². The van der Waals surface area contributed by atoms with Crippen LogP contribution in [0.1, 0.15) is 12.8 Å². The van der Waals surface area contributed by atoms with E-state index >= 15 is 0 Å². The number of carbonyl (C=O) groups excluding carboxylic acids is 1. The van der Waals surface area contributed by atoms with Crippen LogP contribution in [0, 0.1) is 11.3 Å². The number of amides is 1. The highest BCUT2D eigenvalue weighted by molar-refractivity contribution is 5.69. The van der Waals surface area contributed by atoms with E-state index in [1.165, 1.54) is 12.0 Å². The fourth-order valence-electron chi connectivity index (χ4n) is 1.57. The molecule has 1 N–H and O–H groups in total. The van der Waals surface area contributed by atoms with Crippen molar-refractivity contribution in [3.63, 3.8) is 0 Å². The van der Waals surface area contributed by atoms with Gasteiger partial charge in [-0.3, -0.25) is 4.90 Å². The first-order valence-electron chi connectivity index (χ1n) is 4.11. The lowest BCUT2D eigenvalue weighted by Crippen LogP contribution is -2.42. The van der Waals surface area contributed by atoms with Crippen molar-refractivity contribution >= 4 is 6.09 Å². The average Bonchev–Trinajstić information content (AvgIpc) is 2.59. The molecule has 1 saturated heterocycles. The van der Waals surface area contributed by atoms with Gasteiger partial charge in [0, 0.05) is 0 Å². The first-order chi connectivity index (χ1) is 6.24. The van der Waals surface area contributed by atoms with Crippen LogP contribution in [-0.2, 0) is 4.74 Å². The number of hydrogen-bond acceptors (Lipinski definition) is 4. The van der Waals surface area contributed by atoms with Crippen LogP contribution in [0.3, 0.4) is 0 Å². The molecule has 1 rings (SSSR count). The Kier molecular flexibility index (Phi) is 3.09. The van der Waals surface area contributed by atoms with Gasteiger partial charge in [0.15, 0.2) is 0 Å². The van der Waals surface area contributed by atoms with E-state index in [2.05, 4.69) is 4.74 Å². The fourth-order valence-corrected chi connectivity index (χ4v) is 1.57. The summed E-state index contributed by atoms with van der Waals surface area (Å²) in [5.41, 5.74) is 0. The largest absolute Gasteiger partial charge is 0.453 e. The fraction of sp³-hybridized carbons (Fsp3) is 0.750. The lowest BCUT2D eigenvalue weighted by Gasteiger charge is -2.23. The molecule has 0 radical (unpaired) electrons. The normalized spacial score (nSPS) is 27.0. The monoisotopic (exact) mass is 184 g/mol. The van der Waals surface area contributed by atoms with Crippen molar-refractivity contribution in [2.75, 3.05) is 13.7 Å². The van der Waals surface area contributed by atoms with Crippen LogP contribution in [-0.4, -0.2) is 41.9 Å². The molecule has 0 bridgehead atoms. The molecule has 5 heteroatoms. The van der Waals surface area contributed by atoms with Gasteiger partial charge >= 0.3 is 6.09 Å². The van der Waals surface area contributed by atoms with Gasteiger partial charge in [0.1, 0.15) is 6.04 Å². The Hall–Kier alpha value is -1.28. The molecule has 13 heavy (non-hydrogen) atoms. The average molecular weight is 184 g/mol. The van der Waals surface area contributed by atoms with E-state index < -0.39 is 12.1 Å². The minimum Gasteiger partial charge on any atom is -0.453 e. The number of rotatable bonds is 1. The highest BCUT2D eigenvalue weighted by Gasteiger charge is 2.37. The molecular weight excluding hydrogens is 172 g/mol. The zero-order valence-electron chi connectivity index (χ0n) is 7.43. The summed E-state index contributed by atoms with van der Waals surface area (Å²) >= 11 is 0. The summed E-state index contributed by atoms with van der Waals surface area (Å²) in [6.45, 7) is -0.118. The Labute approximate surface area is 76.5 Å². The molecule has 1 fully saturated rings. The van der Waals surface area contributed by atoms with Gasteiger partial charge in [0.2, 0.25) is 0 Å². The topological polar surface area (TPSA) is 73.6 Å². The highest BCUT2D eigenvalue weighted by atomic mass is 16.5. The summed E-state index contributed by atoms with van der Waals surface area (Å²) in [4.78, 5) is 12.5. The first-order valence-corrected chi connectivity index (χ1v) is 4.11. The Balaban J connectivity index is 2.74. The maximum atomic E-state index is 11.2. The van der Waals surface area contributed by atoms with E-state index in [4.69, 9.17) is 10.4 Å². The third-order valence-corrected chi connectivity index (χ3v) is 2.25. The van der Waals surface area contributed by atoms with Gasteiger partial charge in [0.05, 0.1) is 25.8 Å². The van der Waals surface area contributed by atoms with E-state index in [-0.39, 0.29) is 12.6 Å². The molecule has 1 heterocycles. The van der Waals surface area contributed by atoms with Crippen molar-refractivity contribution in [1.29, 1.82) is 5.26 Å². The Morgan fingerprint density at radius 3 is 2.92 bits per heavy atom. The van der Waals surface area contributed by atoms with Crippen LogP contribution in [0.2, 0.25) is 0 Å². The predicted molar refractivity (Wildman–Crippen MR) is 43.8 cm³/mol. The SMILES string of the molecule is COC(=O)N1C(C#N)CCC1CO. The maximum Gasteiger partial charge on any atom is 0.410 e. The van der Waals surface area contributed by atoms with Gasteiger partial charge in [-0.25, -0.2) is 4.79 Å². The van der Waals surface area contributed by atoms with Crippen LogP contribution < -0.4 is 0 Å². The number of aliphatic hydroxyl groups is 1. The van der Waals surface area contributed by atoms with Crippen LogP contribution in [0.5, 0.6) is 0 Å². The maximum absolute atomic E-state index is 11.2. The first kappa shape index (κ1) is 9.81. The van der Waals surface area contributed by atoms with E-state index in [9.17, 15) is 4.79 Å². The van der Waals surface area contributed by atoms with Crippen molar-refractivity contribution in [3.05, 3.63) is 0 Å². The second-order valence-corrected chi connectivity index (χ2v) is 2.94. The molecule has 0 aromatic heterocycles. The summed E-state index contributed by atoms with van der Waals surface area (Å²) in [6, 6.07) is 1.29. The number of nitriles is 1. The summed E-state index contributed by atoms with van der Waals surface area (Å²) in [7, 11) is 1.27. The zero-order valence-corrected chi connectivity index (χ0v) is 7.43. The number of nitrogens with zero attached hydrogens (tertiary/aromatic N) is 2. The Bertz CT molecular complexity index is 236. The summed E-state index contributed by atoms with van der Waals surface area (Å²) in [5.74, 6) is 0. The molecular formula is C8H12N2O3. The standard InChI is InChI=1S/C8H12N2O3/c1-13-8(12)10-6(4-9)2-3-7(10)5-11/h6-7,11H,2-3,5H2,1H3. The molecule has 0 aliphatic carbocycles. The molecule has 1 amide bonds. The van der Waals surface area contributed by atoms with Crippen LogP contribution in [0.15, 0.2) is 0 Å². The second-order valence-electron chi connectivity index (χ2n) is 2.94. The lowest BCUT2D eigenvalue weighted by molar-refractivity contribution is 0.0930. The molecule has 72 valence electrons. The van der Waals surface area contributed by atoms with Gasteiger partial charge in [-0.2, -0.15) is 5.26 Å². The minimum atomic E-state index is -0.539. The summed E-state index contributed by atoms with van der Waals surface area (Å²) in [5, 5.41) is 17.6. The van der Waals surface area contributed by atoms with Gasteiger partial charge in [-0.05, 0) is 12.8 Å². The highest BCUT2D eigenvalue weighted by Crippen LogP contribution is 2.23. The van der Waals surface area contributed by atoms with Crippen molar-refractivity contribution < 1.29 is 14.6 Å². The van der Waals surface area contributed by atoms with E-state index in [1.807, 2.05) is 6.07 Å². The van der Waals surface area contributed by atoms with Gasteiger partial charge in [-0.1, -0.05) is 0 Å². The number of carbonyl (C=O) groups is 1. The summed E-state index contributed by atoms with van der Waals surface area (Å²) in [6.07, 6.45) is 0.726. The van der Waals surface area contributed by atoms with Gasteiger partial charge < -0.3 is 9.84 Å². The molecule has 0 aromatic rings. The second kappa shape index (κ2) is 4.10. The Morgan fingerprint density at radius 2 is 2.46 bits per heavy atom. The van der Waals surface area contributed by atoms with Crippen molar-refractivity contribution in [1.82, 2.24) is 4.90 Å². The lowest BCUT2D eigenvalue weighted by atomic mass is 10.2. The third kappa shape index (κ3) is 1.73. The molecule has 0 aromatic carbocycles. The molecule has 1 aliphatic rings. The molecule has 0 spiro atoms. The van der Waals surface area contributed by atoms with Crippen molar-refractivity contribution in [3.8, 4) is 6.07 Å². The molecule has 2 atom stereocenters. The third-order valence-electron chi connectivity index (χ3n) is 2.25. The number of likely N-dealkylation sites (tertiary alicyclic amines) is 1. The van der Waals surface area contributed by atoms with Gasteiger partial charge in [-0.15, -0.1) is 0 Å². The zero-order chi connectivity index (χ0) is 9.84. The van der Waals surface area contributed by atoms with Crippen LogP contribution in [0.25, 0.3) is 0 Å². The number of aliphatic hydroxyl groups excluding tert-OH is 1. The van der Waals surface area contributed by atoms with Crippen LogP contribution >= 0.6 is 0 Å². The summed E-state index contributed by atoms with van der Waals surface area (Å²) < 4.78 is 4.52. The minimum absolute atomic E-state index is 0.118. The number of ether oxygens (including phenoxy) is 1. The van der Waals surface area contributed by atoms with E-state index in [0.29, 0.717) is 12.8 Å². The molecule has 2 unspecified atom stereocenters. The quantitative estimate of drug-likeness (QED) is 0.627. The smallest absolute Gasteiger partial charge is 0.410 e. The van der Waals surface area contributed by atoms with Crippen molar-refractivity contribution in [2.24, 2.45) is 0 Å². The molecule has 5 nitrogen and oxygen atoms in total. The van der Waals surface area contributed by atoms with E-state index in [1.54, 1.807) is 0 Å². The van der Waals surface area contributed by atoms with E-state index in [0.717, 1.165) is 0 Å². The number of hydrogen-bond donors (Lipinski definition) is 1.